The van der Waals surface area contributed by atoms with E-state index >= 15 is 0 Å². The quantitative estimate of drug-likeness (QED) is 0.631. The van der Waals surface area contributed by atoms with Crippen LogP contribution in [0.4, 0.5) is 0 Å². The first kappa shape index (κ1) is 19.5. The van der Waals surface area contributed by atoms with Gasteiger partial charge in [-0.05, 0) is 42.2 Å². The van der Waals surface area contributed by atoms with Gasteiger partial charge < -0.3 is 14.8 Å². The molecule has 28 heavy (non-hydrogen) atoms. The molecule has 0 aromatic heterocycles. The van der Waals surface area contributed by atoms with Crippen LogP contribution in [0.3, 0.4) is 0 Å². The number of carbonyl (C=O) groups excluding carboxylic acids is 1. The molecule has 0 saturated heterocycles. The maximum atomic E-state index is 12.6. The fourth-order valence-electron chi connectivity index (χ4n) is 3.06. The molecule has 0 heterocycles. The maximum Gasteiger partial charge on any atom is 0.258 e. The Labute approximate surface area is 166 Å². The van der Waals surface area contributed by atoms with Crippen molar-refractivity contribution in [3.63, 3.8) is 0 Å². The highest BCUT2D eigenvalue weighted by atomic mass is 16.5. The zero-order valence-electron chi connectivity index (χ0n) is 16.2. The molecule has 3 aromatic carbocycles. The second kappa shape index (κ2) is 9.60. The topological polar surface area (TPSA) is 47.6 Å². The van der Waals surface area contributed by atoms with E-state index in [0.29, 0.717) is 17.9 Å². The van der Waals surface area contributed by atoms with Gasteiger partial charge in [-0.15, -0.1) is 0 Å². The zero-order valence-corrected chi connectivity index (χ0v) is 16.2. The molecular formula is C24H25NO3. The van der Waals surface area contributed by atoms with Crippen molar-refractivity contribution in [2.24, 2.45) is 0 Å². The van der Waals surface area contributed by atoms with Gasteiger partial charge in [0.05, 0.1) is 13.2 Å². The minimum absolute atomic E-state index is 0.0719. The van der Waals surface area contributed by atoms with Gasteiger partial charge >= 0.3 is 0 Å². The highest BCUT2D eigenvalue weighted by molar-refractivity contribution is 5.78. The van der Waals surface area contributed by atoms with E-state index in [1.54, 1.807) is 7.11 Å². The van der Waals surface area contributed by atoms with Crippen LogP contribution in [0.2, 0.25) is 0 Å². The molecule has 0 spiro atoms. The van der Waals surface area contributed by atoms with Gasteiger partial charge in [0.1, 0.15) is 0 Å². The van der Waals surface area contributed by atoms with Crippen molar-refractivity contribution < 1.29 is 14.3 Å². The number of carbonyl (C=O) groups is 1. The first-order valence-corrected chi connectivity index (χ1v) is 9.31. The standard InChI is InChI=1S/C24H25NO3/c1-18-13-14-22(23(15-18)27-2)28-17-24(26)25-21(20-11-7-4-8-12-20)16-19-9-5-3-6-10-19/h3-15,21H,16-17H2,1-2H3,(H,25,26). The molecule has 3 aromatic rings. The second-order valence-corrected chi connectivity index (χ2v) is 6.66. The lowest BCUT2D eigenvalue weighted by molar-refractivity contribution is -0.123. The van der Waals surface area contributed by atoms with E-state index < -0.39 is 0 Å². The molecule has 3 rings (SSSR count). The van der Waals surface area contributed by atoms with Gasteiger partial charge in [0.25, 0.3) is 5.91 Å². The molecule has 0 bridgehead atoms. The van der Waals surface area contributed by atoms with E-state index in [1.165, 1.54) is 0 Å². The van der Waals surface area contributed by atoms with Crippen LogP contribution in [0.15, 0.2) is 78.9 Å². The maximum absolute atomic E-state index is 12.6. The number of hydrogen-bond donors (Lipinski definition) is 1. The molecule has 144 valence electrons. The lowest BCUT2D eigenvalue weighted by Gasteiger charge is -2.20. The molecule has 1 unspecified atom stereocenters. The van der Waals surface area contributed by atoms with Gasteiger partial charge in [0, 0.05) is 0 Å². The normalized spacial score (nSPS) is 11.5. The van der Waals surface area contributed by atoms with Gasteiger partial charge in [-0.2, -0.15) is 0 Å². The SMILES string of the molecule is COc1cc(C)ccc1OCC(=O)NC(Cc1ccccc1)c1ccccc1. The van der Waals surface area contributed by atoms with Crippen LogP contribution in [0, 0.1) is 6.92 Å². The number of hydrogen-bond acceptors (Lipinski definition) is 3. The summed E-state index contributed by atoms with van der Waals surface area (Å²) in [4.78, 5) is 12.6. The molecule has 0 fully saturated rings. The minimum atomic E-state index is -0.174. The Morgan fingerprint density at radius 1 is 0.929 bits per heavy atom. The average molecular weight is 375 g/mol. The smallest absolute Gasteiger partial charge is 0.258 e. The summed E-state index contributed by atoms with van der Waals surface area (Å²) in [7, 11) is 1.59. The minimum Gasteiger partial charge on any atom is -0.493 e. The molecule has 0 radical (unpaired) electrons. The third kappa shape index (κ3) is 5.36. The summed E-state index contributed by atoms with van der Waals surface area (Å²) in [6, 6.07) is 25.6. The van der Waals surface area contributed by atoms with Gasteiger partial charge in [-0.3, -0.25) is 4.79 Å². The van der Waals surface area contributed by atoms with Gasteiger partial charge in [-0.25, -0.2) is 0 Å². The molecule has 1 N–H and O–H groups in total. The van der Waals surface area contributed by atoms with Crippen molar-refractivity contribution in [2.45, 2.75) is 19.4 Å². The predicted molar refractivity (Wildman–Crippen MR) is 111 cm³/mol. The van der Waals surface area contributed by atoms with Gasteiger partial charge in [0.15, 0.2) is 18.1 Å². The molecule has 0 aliphatic heterocycles. The number of amides is 1. The van der Waals surface area contributed by atoms with Crippen LogP contribution < -0.4 is 14.8 Å². The van der Waals surface area contributed by atoms with Gasteiger partial charge in [-0.1, -0.05) is 66.7 Å². The number of aryl methyl sites for hydroxylation is 1. The molecule has 0 saturated carbocycles. The summed E-state index contributed by atoms with van der Waals surface area (Å²) in [6.07, 6.45) is 0.713. The lowest BCUT2D eigenvalue weighted by Crippen LogP contribution is -2.33. The van der Waals surface area contributed by atoms with Crippen LogP contribution in [-0.4, -0.2) is 19.6 Å². The van der Waals surface area contributed by atoms with Crippen molar-refractivity contribution in [3.8, 4) is 11.5 Å². The Morgan fingerprint density at radius 3 is 2.29 bits per heavy atom. The Balaban J connectivity index is 1.67. The van der Waals surface area contributed by atoms with E-state index in [9.17, 15) is 4.79 Å². The number of ether oxygens (including phenoxy) is 2. The summed E-state index contributed by atoms with van der Waals surface area (Å²) in [5.41, 5.74) is 3.30. The summed E-state index contributed by atoms with van der Waals surface area (Å²) < 4.78 is 11.0. The zero-order chi connectivity index (χ0) is 19.8. The summed E-state index contributed by atoms with van der Waals surface area (Å²) in [6.45, 7) is 1.91. The Hall–Kier alpha value is -3.27. The van der Waals surface area contributed by atoms with Crippen LogP contribution in [-0.2, 0) is 11.2 Å². The average Bonchev–Trinajstić information content (AvgIpc) is 2.73. The van der Waals surface area contributed by atoms with E-state index in [2.05, 4.69) is 17.4 Å². The van der Waals surface area contributed by atoms with E-state index in [-0.39, 0.29) is 18.6 Å². The van der Waals surface area contributed by atoms with Crippen LogP contribution in [0.5, 0.6) is 11.5 Å². The Morgan fingerprint density at radius 2 is 1.61 bits per heavy atom. The van der Waals surface area contributed by atoms with E-state index in [0.717, 1.165) is 16.7 Å². The van der Waals surface area contributed by atoms with Crippen LogP contribution in [0.1, 0.15) is 22.7 Å². The number of methoxy groups -OCH3 is 1. The highest BCUT2D eigenvalue weighted by Gasteiger charge is 2.16. The molecule has 0 aliphatic rings. The fourth-order valence-corrected chi connectivity index (χ4v) is 3.06. The first-order valence-electron chi connectivity index (χ1n) is 9.31. The van der Waals surface area contributed by atoms with E-state index in [1.807, 2.05) is 73.7 Å². The van der Waals surface area contributed by atoms with Crippen molar-refractivity contribution in [2.75, 3.05) is 13.7 Å². The number of rotatable bonds is 8. The van der Waals surface area contributed by atoms with Crippen molar-refractivity contribution in [1.29, 1.82) is 0 Å². The van der Waals surface area contributed by atoms with E-state index in [4.69, 9.17) is 9.47 Å². The second-order valence-electron chi connectivity index (χ2n) is 6.66. The van der Waals surface area contributed by atoms with Crippen molar-refractivity contribution >= 4 is 5.91 Å². The molecular weight excluding hydrogens is 350 g/mol. The molecule has 1 amide bonds. The monoisotopic (exact) mass is 375 g/mol. The summed E-state index contributed by atoms with van der Waals surface area (Å²) in [5, 5.41) is 3.10. The highest BCUT2D eigenvalue weighted by Crippen LogP contribution is 2.27. The third-order valence-corrected chi connectivity index (χ3v) is 4.50. The number of benzene rings is 3. The Kier molecular flexibility index (Phi) is 6.68. The molecule has 4 heteroatoms. The number of nitrogens with one attached hydrogen (secondary N) is 1. The predicted octanol–water partition coefficient (Wildman–Crippen LogP) is 4.48. The summed E-state index contributed by atoms with van der Waals surface area (Å²) >= 11 is 0. The molecule has 1 atom stereocenters. The summed E-state index contributed by atoms with van der Waals surface area (Å²) in [5.74, 6) is 1.01. The third-order valence-electron chi connectivity index (χ3n) is 4.50. The van der Waals surface area contributed by atoms with Gasteiger partial charge in [0.2, 0.25) is 0 Å². The van der Waals surface area contributed by atoms with Crippen LogP contribution >= 0.6 is 0 Å². The van der Waals surface area contributed by atoms with Crippen molar-refractivity contribution in [1.82, 2.24) is 5.32 Å². The molecule has 4 nitrogen and oxygen atoms in total. The fraction of sp³-hybridized carbons (Fsp3) is 0.208. The molecule has 0 aliphatic carbocycles. The Bertz CT molecular complexity index is 894. The largest absolute Gasteiger partial charge is 0.493 e. The lowest BCUT2D eigenvalue weighted by atomic mass is 9.99. The first-order chi connectivity index (χ1) is 13.7. The van der Waals surface area contributed by atoms with Crippen molar-refractivity contribution in [3.05, 3.63) is 95.6 Å². The van der Waals surface area contributed by atoms with Crippen LogP contribution in [0.25, 0.3) is 0 Å².